The molecule has 3 heteroatoms. The lowest BCUT2D eigenvalue weighted by atomic mass is 10.1. The van der Waals surface area contributed by atoms with Gasteiger partial charge >= 0.3 is 0 Å². The quantitative estimate of drug-likeness (QED) is 0.593. The Morgan fingerprint density at radius 3 is 2.78 bits per heavy atom. The molecule has 0 saturated heterocycles. The van der Waals surface area contributed by atoms with Crippen LogP contribution in [0.5, 0.6) is 0 Å². The Morgan fingerprint density at radius 2 is 2.11 bits per heavy atom. The number of rotatable bonds is 6. The molecule has 98 valence electrons. The van der Waals surface area contributed by atoms with Gasteiger partial charge in [-0.1, -0.05) is 40.9 Å². The third-order valence-electron chi connectivity index (χ3n) is 3.11. The van der Waals surface area contributed by atoms with Crippen molar-refractivity contribution in [1.29, 1.82) is 0 Å². The molecule has 1 aliphatic carbocycles. The smallest absolute Gasteiger partial charge is 0.0595 e. The topological polar surface area (TPSA) is 12.0 Å². The summed E-state index contributed by atoms with van der Waals surface area (Å²) in [6.07, 6.45) is 7.06. The van der Waals surface area contributed by atoms with Crippen molar-refractivity contribution in [1.82, 2.24) is 5.32 Å². The molecule has 0 aliphatic heterocycles. The summed E-state index contributed by atoms with van der Waals surface area (Å²) in [6.45, 7) is 3.25. The fourth-order valence-corrected chi connectivity index (χ4v) is 2.26. The van der Waals surface area contributed by atoms with E-state index < -0.39 is 0 Å². The molecule has 0 spiro atoms. The molecule has 0 radical (unpaired) electrons. The standard InChI is InChI=1S/C15H19Cl2N/c1-11(3-2-8-18-13-5-6-13)9-12-4-7-14(16)15(17)10-12/h3-4,7,10,13,18H,2,5-6,8-9H2,1H3. The second-order valence-electron chi connectivity index (χ2n) is 4.99. The van der Waals surface area contributed by atoms with Crippen molar-refractivity contribution in [3.63, 3.8) is 0 Å². The van der Waals surface area contributed by atoms with Crippen molar-refractivity contribution in [3.05, 3.63) is 45.5 Å². The molecule has 1 aromatic carbocycles. The second kappa shape index (κ2) is 6.60. The molecular weight excluding hydrogens is 265 g/mol. The fourth-order valence-electron chi connectivity index (χ4n) is 1.94. The van der Waals surface area contributed by atoms with Crippen LogP contribution in [0.15, 0.2) is 29.8 Å². The van der Waals surface area contributed by atoms with Crippen LogP contribution < -0.4 is 5.32 Å². The van der Waals surface area contributed by atoms with Crippen molar-refractivity contribution in [2.75, 3.05) is 6.54 Å². The average Bonchev–Trinajstić information content (AvgIpc) is 3.14. The van der Waals surface area contributed by atoms with Gasteiger partial charge in [0.1, 0.15) is 0 Å². The van der Waals surface area contributed by atoms with Gasteiger partial charge < -0.3 is 5.32 Å². The lowest BCUT2D eigenvalue weighted by Crippen LogP contribution is -2.16. The van der Waals surface area contributed by atoms with Crippen LogP contribution in [-0.2, 0) is 6.42 Å². The normalized spacial score (nSPS) is 16.1. The van der Waals surface area contributed by atoms with Gasteiger partial charge in [-0.05, 0) is 56.8 Å². The number of hydrogen-bond acceptors (Lipinski definition) is 1. The fraction of sp³-hybridized carbons (Fsp3) is 0.467. The van der Waals surface area contributed by atoms with E-state index in [0.717, 1.165) is 25.4 Å². The second-order valence-corrected chi connectivity index (χ2v) is 5.81. The first-order chi connectivity index (χ1) is 8.65. The van der Waals surface area contributed by atoms with Gasteiger partial charge in [0.25, 0.3) is 0 Å². The summed E-state index contributed by atoms with van der Waals surface area (Å²) in [6, 6.07) is 6.65. The Kier molecular flexibility index (Phi) is 5.11. The van der Waals surface area contributed by atoms with E-state index >= 15 is 0 Å². The zero-order chi connectivity index (χ0) is 13.0. The summed E-state index contributed by atoms with van der Waals surface area (Å²) in [5, 5.41) is 4.77. The van der Waals surface area contributed by atoms with Gasteiger partial charge in [-0.3, -0.25) is 0 Å². The highest BCUT2D eigenvalue weighted by atomic mass is 35.5. The highest BCUT2D eigenvalue weighted by Crippen LogP contribution is 2.23. The van der Waals surface area contributed by atoms with E-state index in [1.165, 1.54) is 24.0 Å². The van der Waals surface area contributed by atoms with Gasteiger partial charge in [0, 0.05) is 6.04 Å². The first-order valence-electron chi connectivity index (χ1n) is 6.48. The number of benzene rings is 1. The van der Waals surface area contributed by atoms with Crippen molar-refractivity contribution >= 4 is 23.2 Å². The number of halogens is 2. The maximum absolute atomic E-state index is 6.00. The van der Waals surface area contributed by atoms with Crippen LogP contribution in [0.3, 0.4) is 0 Å². The van der Waals surface area contributed by atoms with Crippen LogP contribution in [0.4, 0.5) is 0 Å². The predicted molar refractivity (Wildman–Crippen MR) is 79.6 cm³/mol. The van der Waals surface area contributed by atoms with E-state index in [9.17, 15) is 0 Å². The van der Waals surface area contributed by atoms with Gasteiger partial charge in [0.2, 0.25) is 0 Å². The van der Waals surface area contributed by atoms with E-state index in [1.54, 1.807) is 0 Å². The van der Waals surface area contributed by atoms with Gasteiger partial charge in [0.15, 0.2) is 0 Å². The van der Waals surface area contributed by atoms with Gasteiger partial charge in [-0.25, -0.2) is 0 Å². The van der Waals surface area contributed by atoms with Gasteiger partial charge in [0.05, 0.1) is 10.0 Å². The van der Waals surface area contributed by atoms with Crippen LogP contribution in [0, 0.1) is 0 Å². The summed E-state index contributed by atoms with van der Waals surface area (Å²) in [7, 11) is 0. The molecule has 18 heavy (non-hydrogen) atoms. The maximum Gasteiger partial charge on any atom is 0.0595 e. The molecule has 0 unspecified atom stereocenters. The molecule has 0 aromatic heterocycles. The van der Waals surface area contributed by atoms with Gasteiger partial charge in [-0.2, -0.15) is 0 Å². The molecule has 1 N–H and O–H groups in total. The number of allylic oxidation sites excluding steroid dienone is 1. The number of hydrogen-bond donors (Lipinski definition) is 1. The van der Waals surface area contributed by atoms with E-state index in [-0.39, 0.29) is 0 Å². The lowest BCUT2D eigenvalue weighted by molar-refractivity contribution is 0.688. The van der Waals surface area contributed by atoms with Crippen molar-refractivity contribution in [2.45, 2.75) is 38.6 Å². The molecule has 0 bridgehead atoms. The molecule has 1 aromatic rings. The molecule has 0 atom stereocenters. The zero-order valence-electron chi connectivity index (χ0n) is 10.7. The molecule has 1 fully saturated rings. The molecule has 0 heterocycles. The Labute approximate surface area is 119 Å². The first kappa shape index (κ1) is 13.9. The van der Waals surface area contributed by atoms with Crippen LogP contribution in [-0.4, -0.2) is 12.6 Å². The zero-order valence-corrected chi connectivity index (χ0v) is 12.2. The van der Waals surface area contributed by atoms with E-state index in [2.05, 4.69) is 18.3 Å². The van der Waals surface area contributed by atoms with Gasteiger partial charge in [-0.15, -0.1) is 0 Å². The van der Waals surface area contributed by atoms with Crippen molar-refractivity contribution < 1.29 is 0 Å². The summed E-state index contributed by atoms with van der Waals surface area (Å²) < 4.78 is 0. The van der Waals surface area contributed by atoms with Crippen molar-refractivity contribution in [2.24, 2.45) is 0 Å². The molecule has 1 aliphatic rings. The molecule has 1 nitrogen and oxygen atoms in total. The van der Waals surface area contributed by atoms with Crippen LogP contribution in [0.25, 0.3) is 0 Å². The predicted octanol–water partition coefficient (Wildman–Crippen LogP) is 4.62. The molecule has 1 saturated carbocycles. The minimum Gasteiger partial charge on any atom is -0.314 e. The van der Waals surface area contributed by atoms with Crippen molar-refractivity contribution in [3.8, 4) is 0 Å². The third kappa shape index (κ3) is 4.64. The van der Waals surface area contributed by atoms with Crippen LogP contribution in [0.1, 0.15) is 31.7 Å². The monoisotopic (exact) mass is 283 g/mol. The summed E-state index contributed by atoms with van der Waals surface area (Å²) in [5.41, 5.74) is 2.60. The highest BCUT2D eigenvalue weighted by molar-refractivity contribution is 6.42. The summed E-state index contributed by atoms with van der Waals surface area (Å²) >= 11 is 11.9. The Hall–Kier alpha value is -0.500. The van der Waals surface area contributed by atoms with Crippen LogP contribution >= 0.6 is 23.2 Å². The number of nitrogens with one attached hydrogen (secondary N) is 1. The lowest BCUT2D eigenvalue weighted by Gasteiger charge is -2.05. The summed E-state index contributed by atoms with van der Waals surface area (Å²) in [4.78, 5) is 0. The van der Waals surface area contributed by atoms with Crippen LogP contribution in [0.2, 0.25) is 10.0 Å². The third-order valence-corrected chi connectivity index (χ3v) is 3.85. The Bertz CT molecular complexity index is 436. The largest absolute Gasteiger partial charge is 0.314 e. The minimum atomic E-state index is 0.621. The highest BCUT2D eigenvalue weighted by Gasteiger charge is 2.19. The van der Waals surface area contributed by atoms with E-state index in [1.807, 2.05) is 18.2 Å². The summed E-state index contributed by atoms with van der Waals surface area (Å²) in [5.74, 6) is 0. The van der Waals surface area contributed by atoms with E-state index in [0.29, 0.717) is 10.0 Å². The molecular formula is C15H19Cl2N. The molecule has 0 amide bonds. The molecule has 2 rings (SSSR count). The average molecular weight is 284 g/mol. The first-order valence-corrected chi connectivity index (χ1v) is 7.23. The Morgan fingerprint density at radius 1 is 1.33 bits per heavy atom. The SMILES string of the molecule is CC(=CCCNC1CC1)Cc1ccc(Cl)c(Cl)c1. The Balaban J connectivity index is 1.79. The van der Waals surface area contributed by atoms with E-state index in [4.69, 9.17) is 23.2 Å². The maximum atomic E-state index is 6.00. The minimum absolute atomic E-state index is 0.621.